The Hall–Kier alpha value is -2.19. The lowest BCUT2D eigenvalue weighted by molar-refractivity contribution is 0.0821. The second kappa shape index (κ2) is 4.73. The Kier molecular flexibility index (Phi) is 3.03. The molecule has 2 N–H and O–H groups in total. The number of amides is 1. The van der Waals surface area contributed by atoms with Gasteiger partial charge in [0.2, 0.25) is 0 Å². The number of hydrogen-bond donors (Lipinski definition) is 1. The first-order chi connectivity index (χ1) is 9.61. The highest BCUT2D eigenvalue weighted by molar-refractivity contribution is 7.15. The summed E-state index contributed by atoms with van der Waals surface area (Å²) < 4.78 is 3.54. The molecule has 0 bridgehead atoms. The highest BCUT2D eigenvalue weighted by Crippen LogP contribution is 2.20. The molecule has 0 saturated carbocycles. The van der Waals surface area contributed by atoms with E-state index in [4.69, 9.17) is 5.73 Å². The Balaban J connectivity index is 2.07. The van der Waals surface area contributed by atoms with Crippen molar-refractivity contribution in [2.45, 2.75) is 6.54 Å². The van der Waals surface area contributed by atoms with E-state index >= 15 is 0 Å². The number of nitrogens with two attached hydrogens (primary N) is 1. The van der Waals surface area contributed by atoms with Gasteiger partial charge in [0.1, 0.15) is 0 Å². The number of carbonyl (C=O) groups is 1. The van der Waals surface area contributed by atoms with E-state index in [9.17, 15) is 4.79 Å². The fraction of sp³-hybridized carbons (Fsp3) is 0.250. The van der Waals surface area contributed by atoms with Gasteiger partial charge in [0.25, 0.3) is 5.91 Å². The Morgan fingerprint density at radius 1 is 1.45 bits per heavy atom. The summed E-state index contributed by atoms with van der Waals surface area (Å²) in [6.07, 6.45) is 3.65. The largest absolute Gasteiger partial charge is 0.343 e. The monoisotopic (exact) mass is 290 g/mol. The molecule has 0 aliphatic rings. The van der Waals surface area contributed by atoms with E-state index in [0.717, 1.165) is 10.7 Å². The number of hydrogen-bond acceptors (Lipinski definition) is 5. The van der Waals surface area contributed by atoms with Crippen LogP contribution in [0.25, 0.3) is 10.8 Å². The van der Waals surface area contributed by atoms with Crippen LogP contribution < -0.4 is 5.73 Å². The lowest BCUT2D eigenvalue weighted by atomic mass is 10.4. The number of imidazole rings is 1. The summed E-state index contributed by atoms with van der Waals surface area (Å²) in [5.74, 6) is 0.524. The van der Waals surface area contributed by atoms with Gasteiger partial charge in [-0.2, -0.15) is 10.1 Å². The van der Waals surface area contributed by atoms with Gasteiger partial charge < -0.3 is 10.6 Å². The Morgan fingerprint density at radius 2 is 2.25 bits per heavy atom. The summed E-state index contributed by atoms with van der Waals surface area (Å²) in [7, 11) is 3.39. The standard InChI is InChI=1S/C12H14N6OS/c1-16(2)11(19)8-3-4-18(15-8)10-9(7-13)17-5-6-20-12(17)14-10/h3-6H,7,13H2,1-2H3. The lowest BCUT2D eigenvalue weighted by Gasteiger charge is -2.06. The van der Waals surface area contributed by atoms with Crippen molar-refractivity contribution in [1.82, 2.24) is 24.1 Å². The molecule has 3 aromatic rings. The van der Waals surface area contributed by atoms with Gasteiger partial charge in [0, 0.05) is 38.4 Å². The fourth-order valence-electron chi connectivity index (χ4n) is 1.98. The van der Waals surface area contributed by atoms with Gasteiger partial charge in [-0.25, -0.2) is 4.68 Å². The minimum absolute atomic E-state index is 0.140. The maximum absolute atomic E-state index is 11.9. The van der Waals surface area contributed by atoms with E-state index < -0.39 is 0 Å². The molecule has 1 amide bonds. The molecular weight excluding hydrogens is 276 g/mol. The number of aromatic nitrogens is 4. The van der Waals surface area contributed by atoms with Crippen LogP contribution in [0.1, 0.15) is 16.2 Å². The number of carbonyl (C=O) groups excluding carboxylic acids is 1. The van der Waals surface area contributed by atoms with Crippen molar-refractivity contribution < 1.29 is 4.79 Å². The third-order valence-electron chi connectivity index (χ3n) is 2.96. The third kappa shape index (κ3) is 1.89. The van der Waals surface area contributed by atoms with Crippen LogP contribution >= 0.6 is 11.3 Å². The molecular formula is C12H14N6OS. The van der Waals surface area contributed by atoms with Gasteiger partial charge in [-0.15, -0.1) is 11.3 Å². The summed E-state index contributed by atoms with van der Waals surface area (Å²) in [6.45, 7) is 0.351. The molecule has 0 aliphatic carbocycles. The van der Waals surface area contributed by atoms with E-state index in [1.54, 1.807) is 31.0 Å². The Morgan fingerprint density at radius 3 is 2.95 bits per heavy atom. The topological polar surface area (TPSA) is 81.5 Å². The lowest BCUT2D eigenvalue weighted by Crippen LogP contribution is -2.22. The first-order valence-corrected chi connectivity index (χ1v) is 6.92. The average Bonchev–Trinajstić information content (AvgIpc) is 3.11. The molecule has 104 valence electrons. The fourth-order valence-corrected chi connectivity index (χ4v) is 2.71. The van der Waals surface area contributed by atoms with Crippen LogP contribution in [0.15, 0.2) is 23.8 Å². The normalized spacial score (nSPS) is 11.2. The summed E-state index contributed by atoms with van der Waals surface area (Å²) in [4.78, 5) is 18.7. The van der Waals surface area contributed by atoms with E-state index in [2.05, 4.69) is 10.1 Å². The molecule has 0 atom stereocenters. The van der Waals surface area contributed by atoms with Gasteiger partial charge in [0.15, 0.2) is 16.5 Å². The zero-order valence-electron chi connectivity index (χ0n) is 11.1. The van der Waals surface area contributed by atoms with Crippen molar-refractivity contribution >= 4 is 22.2 Å². The van der Waals surface area contributed by atoms with Crippen LogP contribution in [0.2, 0.25) is 0 Å². The maximum atomic E-state index is 11.9. The van der Waals surface area contributed by atoms with Crippen LogP contribution in [0, 0.1) is 0 Å². The highest BCUT2D eigenvalue weighted by atomic mass is 32.1. The molecule has 0 unspecified atom stereocenters. The number of rotatable bonds is 3. The molecule has 7 nitrogen and oxygen atoms in total. The average molecular weight is 290 g/mol. The zero-order chi connectivity index (χ0) is 14.3. The molecule has 3 heterocycles. The van der Waals surface area contributed by atoms with Crippen molar-refractivity contribution in [1.29, 1.82) is 0 Å². The SMILES string of the molecule is CN(C)C(=O)c1ccn(-c2nc3sccn3c2CN)n1. The molecule has 3 aromatic heterocycles. The van der Waals surface area contributed by atoms with Gasteiger partial charge in [0.05, 0.1) is 5.69 Å². The quantitative estimate of drug-likeness (QED) is 0.771. The van der Waals surface area contributed by atoms with Crippen LogP contribution in [0.5, 0.6) is 0 Å². The minimum Gasteiger partial charge on any atom is -0.343 e. The minimum atomic E-state index is -0.140. The molecule has 0 fully saturated rings. The second-order valence-electron chi connectivity index (χ2n) is 4.49. The van der Waals surface area contributed by atoms with Crippen molar-refractivity contribution in [2.24, 2.45) is 5.73 Å². The summed E-state index contributed by atoms with van der Waals surface area (Å²) >= 11 is 1.53. The van der Waals surface area contributed by atoms with Crippen LogP contribution in [-0.4, -0.2) is 44.1 Å². The molecule has 20 heavy (non-hydrogen) atoms. The zero-order valence-corrected chi connectivity index (χ0v) is 12.0. The van der Waals surface area contributed by atoms with Crippen LogP contribution in [0.3, 0.4) is 0 Å². The van der Waals surface area contributed by atoms with Crippen molar-refractivity contribution in [2.75, 3.05) is 14.1 Å². The third-order valence-corrected chi connectivity index (χ3v) is 3.72. The molecule has 0 aromatic carbocycles. The smallest absolute Gasteiger partial charge is 0.273 e. The van der Waals surface area contributed by atoms with Gasteiger partial charge in [-0.05, 0) is 6.07 Å². The van der Waals surface area contributed by atoms with E-state index in [-0.39, 0.29) is 5.91 Å². The summed E-state index contributed by atoms with van der Waals surface area (Å²) in [5, 5.41) is 6.24. The molecule has 8 heteroatoms. The van der Waals surface area contributed by atoms with E-state index in [0.29, 0.717) is 18.1 Å². The van der Waals surface area contributed by atoms with Crippen LogP contribution in [0.4, 0.5) is 0 Å². The number of nitrogens with zero attached hydrogens (tertiary/aromatic N) is 5. The van der Waals surface area contributed by atoms with Gasteiger partial charge >= 0.3 is 0 Å². The van der Waals surface area contributed by atoms with Crippen molar-refractivity contribution in [3.63, 3.8) is 0 Å². The number of thiazole rings is 1. The summed E-state index contributed by atoms with van der Waals surface area (Å²) in [6, 6.07) is 1.68. The predicted molar refractivity (Wildman–Crippen MR) is 76.1 cm³/mol. The molecule has 0 radical (unpaired) electrons. The summed E-state index contributed by atoms with van der Waals surface area (Å²) in [5.41, 5.74) is 7.05. The van der Waals surface area contributed by atoms with Gasteiger partial charge in [-0.3, -0.25) is 9.20 Å². The second-order valence-corrected chi connectivity index (χ2v) is 5.36. The molecule has 3 rings (SSSR count). The first kappa shape index (κ1) is 12.8. The van der Waals surface area contributed by atoms with Crippen molar-refractivity contribution in [3.8, 4) is 5.82 Å². The maximum Gasteiger partial charge on any atom is 0.273 e. The van der Waals surface area contributed by atoms with E-state index in [1.165, 1.54) is 16.2 Å². The van der Waals surface area contributed by atoms with E-state index in [1.807, 2.05) is 16.0 Å². The van der Waals surface area contributed by atoms with Crippen molar-refractivity contribution in [3.05, 3.63) is 35.2 Å². The Labute approximate surface area is 119 Å². The first-order valence-electron chi connectivity index (χ1n) is 6.04. The Bertz CT molecular complexity index is 768. The molecule has 0 aliphatic heterocycles. The number of fused-ring (bicyclic) bond motifs is 1. The predicted octanol–water partition coefficient (Wildman–Crippen LogP) is 0.742. The molecule has 0 spiro atoms. The molecule has 0 saturated heterocycles. The van der Waals surface area contributed by atoms with Crippen LogP contribution in [-0.2, 0) is 6.54 Å². The highest BCUT2D eigenvalue weighted by Gasteiger charge is 2.17. The van der Waals surface area contributed by atoms with Gasteiger partial charge in [-0.1, -0.05) is 0 Å².